The zero-order valence-corrected chi connectivity index (χ0v) is 10.1. The monoisotopic (exact) mass is 223 g/mol. The highest BCUT2D eigenvalue weighted by Gasteiger charge is 2.01. The highest BCUT2D eigenvalue weighted by molar-refractivity contribution is 5.26. The summed E-state index contributed by atoms with van der Waals surface area (Å²) in [6.45, 7) is 7.52. The molecule has 90 valence electrons. The molecule has 16 heavy (non-hydrogen) atoms. The fourth-order valence-corrected chi connectivity index (χ4v) is 1.50. The Labute approximate surface area is 97.7 Å². The average molecular weight is 223 g/mol. The van der Waals surface area contributed by atoms with Gasteiger partial charge in [0, 0.05) is 13.1 Å². The number of aliphatic hydroxyl groups is 1. The van der Waals surface area contributed by atoms with Gasteiger partial charge >= 0.3 is 0 Å². The van der Waals surface area contributed by atoms with Crippen LogP contribution in [0.15, 0.2) is 24.3 Å². The molecule has 0 aliphatic heterocycles. The van der Waals surface area contributed by atoms with Gasteiger partial charge in [0.25, 0.3) is 0 Å². The van der Waals surface area contributed by atoms with E-state index in [1.807, 2.05) is 24.3 Å². The van der Waals surface area contributed by atoms with Gasteiger partial charge < -0.3 is 9.84 Å². The van der Waals surface area contributed by atoms with E-state index in [0.717, 1.165) is 18.8 Å². The number of nitrogens with zero attached hydrogens (tertiary/aromatic N) is 1. The maximum atomic E-state index is 8.83. The van der Waals surface area contributed by atoms with E-state index in [1.165, 1.54) is 5.56 Å². The maximum Gasteiger partial charge on any atom is 0.119 e. The number of ether oxygens (including phenoxy) is 1. The van der Waals surface area contributed by atoms with Gasteiger partial charge in [0.15, 0.2) is 0 Å². The van der Waals surface area contributed by atoms with Gasteiger partial charge in [0.05, 0.1) is 6.61 Å². The van der Waals surface area contributed by atoms with E-state index in [4.69, 9.17) is 9.84 Å². The Hall–Kier alpha value is -1.06. The van der Waals surface area contributed by atoms with E-state index >= 15 is 0 Å². The number of benzene rings is 1. The van der Waals surface area contributed by atoms with Gasteiger partial charge in [-0.3, -0.25) is 4.90 Å². The summed E-state index contributed by atoms with van der Waals surface area (Å²) in [4.78, 5) is 2.16. The normalized spacial score (nSPS) is 10.8. The van der Waals surface area contributed by atoms with Crippen molar-refractivity contribution >= 4 is 0 Å². The third-order valence-corrected chi connectivity index (χ3v) is 2.56. The molecule has 0 spiro atoms. The minimum Gasteiger partial charge on any atom is -0.492 e. The van der Waals surface area contributed by atoms with Crippen molar-refractivity contribution in [2.45, 2.75) is 13.8 Å². The molecule has 3 nitrogen and oxygen atoms in total. The average Bonchev–Trinajstić information content (AvgIpc) is 2.30. The van der Waals surface area contributed by atoms with Crippen LogP contribution in [0.1, 0.15) is 12.5 Å². The summed E-state index contributed by atoms with van der Waals surface area (Å²) in [5, 5.41) is 8.83. The molecule has 1 aromatic carbocycles. The Balaban J connectivity index is 2.26. The molecule has 0 bridgehead atoms. The number of hydrogen-bond donors (Lipinski definition) is 1. The first kappa shape index (κ1) is 13.0. The number of aryl methyl sites for hydroxylation is 1. The third-order valence-electron chi connectivity index (χ3n) is 2.56. The van der Waals surface area contributed by atoms with Gasteiger partial charge in [-0.05, 0) is 25.6 Å². The lowest BCUT2D eigenvalue weighted by Crippen LogP contribution is -2.30. The number of hydrogen-bond acceptors (Lipinski definition) is 3. The lowest BCUT2D eigenvalue weighted by molar-refractivity contribution is 0.174. The predicted molar refractivity (Wildman–Crippen MR) is 65.9 cm³/mol. The molecule has 0 amide bonds. The SMILES string of the molecule is CCN(CCO)CCOc1ccc(C)cc1. The molecule has 0 aliphatic rings. The molecule has 0 saturated heterocycles. The van der Waals surface area contributed by atoms with Crippen LogP contribution in [-0.2, 0) is 0 Å². The molecule has 1 rings (SSSR count). The largest absolute Gasteiger partial charge is 0.492 e. The molecule has 0 unspecified atom stereocenters. The van der Waals surface area contributed by atoms with Crippen molar-refractivity contribution in [3.8, 4) is 5.75 Å². The summed E-state index contributed by atoms with van der Waals surface area (Å²) in [6, 6.07) is 8.05. The fourth-order valence-electron chi connectivity index (χ4n) is 1.50. The highest BCUT2D eigenvalue weighted by Crippen LogP contribution is 2.11. The quantitative estimate of drug-likeness (QED) is 0.763. The molecule has 0 heterocycles. The van der Waals surface area contributed by atoms with Crippen LogP contribution in [-0.4, -0.2) is 42.9 Å². The molecule has 1 aromatic rings. The fraction of sp³-hybridized carbons (Fsp3) is 0.538. The van der Waals surface area contributed by atoms with Gasteiger partial charge in [-0.1, -0.05) is 24.6 Å². The molecular weight excluding hydrogens is 202 g/mol. The van der Waals surface area contributed by atoms with Crippen molar-refractivity contribution in [1.29, 1.82) is 0 Å². The van der Waals surface area contributed by atoms with Crippen molar-refractivity contribution in [3.63, 3.8) is 0 Å². The van der Waals surface area contributed by atoms with E-state index in [9.17, 15) is 0 Å². The standard InChI is InChI=1S/C13H21NO2/c1-3-14(8-10-15)9-11-16-13-6-4-12(2)5-7-13/h4-7,15H,3,8-11H2,1-2H3. The zero-order valence-electron chi connectivity index (χ0n) is 10.1. The lowest BCUT2D eigenvalue weighted by atomic mass is 10.2. The number of aliphatic hydroxyl groups excluding tert-OH is 1. The van der Waals surface area contributed by atoms with Gasteiger partial charge in [0.1, 0.15) is 12.4 Å². The predicted octanol–water partition coefficient (Wildman–Crippen LogP) is 1.69. The van der Waals surface area contributed by atoms with Crippen LogP contribution < -0.4 is 4.74 Å². The molecule has 0 fully saturated rings. The third kappa shape index (κ3) is 4.64. The van der Waals surface area contributed by atoms with E-state index in [0.29, 0.717) is 13.2 Å². The van der Waals surface area contributed by atoms with Crippen molar-refractivity contribution in [3.05, 3.63) is 29.8 Å². The van der Waals surface area contributed by atoms with Gasteiger partial charge in [-0.25, -0.2) is 0 Å². The highest BCUT2D eigenvalue weighted by atomic mass is 16.5. The summed E-state index contributed by atoms with van der Waals surface area (Å²) in [7, 11) is 0. The summed E-state index contributed by atoms with van der Waals surface area (Å²) >= 11 is 0. The van der Waals surface area contributed by atoms with Gasteiger partial charge in [-0.15, -0.1) is 0 Å². The summed E-state index contributed by atoms with van der Waals surface area (Å²) in [5.74, 6) is 0.908. The number of likely N-dealkylation sites (N-methyl/N-ethyl adjacent to an activating group) is 1. The summed E-state index contributed by atoms with van der Waals surface area (Å²) in [6.07, 6.45) is 0. The second-order valence-electron chi connectivity index (χ2n) is 3.82. The zero-order chi connectivity index (χ0) is 11.8. The van der Waals surface area contributed by atoms with Crippen LogP contribution in [0.2, 0.25) is 0 Å². The van der Waals surface area contributed by atoms with Crippen molar-refractivity contribution in [2.75, 3.05) is 32.8 Å². The Kier molecular flexibility index (Phi) is 5.90. The molecule has 0 aliphatic carbocycles. The Morgan fingerprint density at radius 2 is 1.88 bits per heavy atom. The Bertz CT molecular complexity index is 284. The molecule has 0 aromatic heterocycles. The number of rotatable bonds is 7. The molecule has 0 radical (unpaired) electrons. The van der Waals surface area contributed by atoms with Crippen LogP contribution in [0.4, 0.5) is 0 Å². The van der Waals surface area contributed by atoms with Crippen molar-refractivity contribution in [2.24, 2.45) is 0 Å². The first-order chi connectivity index (χ1) is 7.76. The van der Waals surface area contributed by atoms with Crippen LogP contribution >= 0.6 is 0 Å². The van der Waals surface area contributed by atoms with Crippen LogP contribution in [0, 0.1) is 6.92 Å². The molecule has 0 saturated carbocycles. The topological polar surface area (TPSA) is 32.7 Å². The summed E-state index contributed by atoms with van der Waals surface area (Å²) < 4.78 is 5.62. The smallest absolute Gasteiger partial charge is 0.119 e. The van der Waals surface area contributed by atoms with Gasteiger partial charge in [0.2, 0.25) is 0 Å². The second kappa shape index (κ2) is 7.25. The summed E-state index contributed by atoms with van der Waals surface area (Å²) in [5.41, 5.74) is 1.24. The van der Waals surface area contributed by atoms with Crippen molar-refractivity contribution in [1.82, 2.24) is 4.90 Å². The molecule has 0 atom stereocenters. The van der Waals surface area contributed by atoms with Crippen LogP contribution in [0.25, 0.3) is 0 Å². The van der Waals surface area contributed by atoms with Crippen LogP contribution in [0.3, 0.4) is 0 Å². The maximum absolute atomic E-state index is 8.83. The minimum atomic E-state index is 0.207. The van der Waals surface area contributed by atoms with Crippen LogP contribution in [0.5, 0.6) is 5.75 Å². The van der Waals surface area contributed by atoms with Gasteiger partial charge in [-0.2, -0.15) is 0 Å². The minimum absolute atomic E-state index is 0.207. The first-order valence-corrected chi connectivity index (χ1v) is 5.79. The van der Waals surface area contributed by atoms with E-state index in [2.05, 4.69) is 18.7 Å². The lowest BCUT2D eigenvalue weighted by Gasteiger charge is -2.19. The van der Waals surface area contributed by atoms with E-state index < -0.39 is 0 Å². The molecule has 1 N–H and O–H groups in total. The molecular formula is C13H21NO2. The van der Waals surface area contributed by atoms with E-state index in [1.54, 1.807) is 0 Å². The molecule has 3 heteroatoms. The Morgan fingerprint density at radius 1 is 1.19 bits per heavy atom. The second-order valence-corrected chi connectivity index (χ2v) is 3.82. The van der Waals surface area contributed by atoms with Crippen molar-refractivity contribution < 1.29 is 9.84 Å². The van der Waals surface area contributed by atoms with E-state index in [-0.39, 0.29) is 6.61 Å². The first-order valence-electron chi connectivity index (χ1n) is 5.79. The Morgan fingerprint density at radius 3 is 2.44 bits per heavy atom.